The van der Waals surface area contributed by atoms with Crippen molar-refractivity contribution in [1.82, 2.24) is 19.7 Å². The molecule has 2 atom stereocenters. The predicted octanol–water partition coefficient (Wildman–Crippen LogP) is 1.46. The predicted molar refractivity (Wildman–Crippen MR) is 90.9 cm³/mol. The zero-order valence-corrected chi connectivity index (χ0v) is 14.3. The second-order valence-corrected chi connectivity index (χ2v) is 6.99. The summed E-state index contributed by atoms with van der Waals surface area (Å²) in [6.07, 6.45) is 4.84. The Morgan fingerprint density at radius 3 is 2.70 bits per heavy atom. The van der Waals surface area contributed by atoms with Gasteiger partial charge in [0.15, 0.2) is 0 Å². The summed E-state index contributed by atoms with van der Waals surface area (Å²) in [4.78, 5) is 22.8. The Hall–Kier alpha value is -1.46. The summed E-state index contributed by atoms with van der Waals surface area (Å²) in [5.74, 6) is 0.895. The van der Waals surface area contributed by atoms with E-state index in [1.807, 2.05) is 17.3 Å². The molecule has 23 heavy (non-hydrogen) atoms. The number of rotatable bonds is 3. The molecular weight excluding hydrogens is 288 g/mol. The summed E-state index contributed by atoms with van der Waals surface area (Å²) in [5.41, 5.74) is 1.34. The summed E-state index contributed by atoms with van der Waals surface area (Å²) in [6.45, 7) is 11.3. The van der Waals surface area contributed by atoms with E-state index < -0.39 is 0 Å². The van der Waals surface area contributed by atoms with Gasteiger partial charge in [-0.3, -0.25) is 19.6 Å². The van der Waals surface area contributed by atoms with Crippen LogP contribution in [0.1, 0.15) is 25.8 Å². The van der Waals surface area contributed by atoms with Crippen LogP contribution in [0.4, 0.5) is 0 Å². The van der Waals surface area contributed by atoms with Crippen molar-refractivity contribution in [2.75, 3.05) is 39.3 Å². The Bertz CT molecular complexity index is 521. The van der Waals surface area contributed by atoms with Gasteiger partial charge in [-0.25, -0.2) is 0 Å². The van der Waals surface area contributed by atoms with Crippen LogP contribution in [0, 0.1) is 5.92 Å². The average molecular weight is 316 g/mol. The van der Waals surface area contributed by atoms with Crippen LogP contribution in [-0.4, -0.2) is 70.9 Å². The molecule has 0 saturated carbocycles. The SMILES string of the molecule is CC(=O)N1CCCN([C@H]2CN(Cc3ccncc3)C[C@H]2C)CC1. The third kappa shape index (κ3) is 4.09. The van der Waals surface area contributed by atoms with E-state index in [9.17, 15) is 4.79 Å². The molecule has 5 heteroatoms. The van der Waals surface area contributed by atoms with Crippen molar-refractivity contribution in [2.24, 2.45) is 5.92 Å². The van der Waals surface area contributed by atoms with Gasteiger partial charge < -0.3 is 4.90 Å². The van der Waals surface area contributed by atoms with Crippen molar-refractivity contribution in [3.05, 3.63) is 30.1 Å². The first-order valence-corrected chi connectivity index (χ1v) is 8.74. The van der Waals surface area contributed by atoms with E-state index in [1.165, 1.54) is 5.56 Å². The highest BCUT2D eigenvalue weighted by molar-refractivity contribution is 5.73. The minimum absolute atomic E-state index is 0.214. The molecule has 0 unspecified atom stereocenters. The summed E-state index contributed by atoms with van der Waals surface area (Å²) >= 11 is 0. The van der Waals surface area contributed by atoms with Crippen molar-refractivity contribution in [3.8, 4) is 0 Å². The van der Waals surface area contributed by atoms with Crippen molar-refractivity contribution >= 4 is 5.91 Å². The Morgan fingerprint density at radius 1 is 1.17 bits per heavy atom. The lowest BCUT2D eigenvalue weighted by Gasteiger charge is -2.30. The largest absolute Gasteiger partial charge is 0.342 e. The zero-order chi connectivity index (χ0) is 16.2. The molecule has 5 nitrogen and oxygen atoms in total. The van der Waals surface area contributed by atoms with Gasteiger partial charge in [0.1, 0.15) is 0 Å². The molecule has 3 heterocycles. The minimum atomic E-state index is 0.214. The number of hydrogen-bond donors (Lipinski definition) is 0. The van der Waals surface area contributed by atoms with Gasteiger partial charge in [-0.1, -0.05) is 6.92 Å². The zero-order valence-electron chi connectivity index (χ0n) is 14.3. The van der Waals surface area contributed by atoms with Crippen LogP contribution in [0.5, 0.6) is 0 Å². The smallest absolute Gasteiger partial charge is 0.219 e. The number of pyridine rings is 1. The Morgan fingerprint density at radius 2 is 1.96 bits per heavy atom. The molecule has 0 aliphatic carbocycles. The summed E-state index contributed by atoms with van der Waals surface area (Å²) in [6, 6.07) is 4.83. The Labute approximate surface area is 139 Å². The molecule has 2 fully saturated rings. The number of amides is 1. The fourth-order valence-corrected chi connectivity index (χ4v) is 3.98. The fraction of sp³-hybridized carbons (Fsp3) is 0.667. The Balaban J connectivity index is 1.57. The molecule has 0 spiro atoms. The Kier molecular flexibility index (Phi) is 5.28. The number of nitrogens with zero attached hydrogens (tertiary/aromatic N) is 4. The second-order valence-electron chi connectivity index (χ2n) is 6.99. The standard InChI is InChI=1S/C18H28N4O/c1-15-12-20(13-17-4-6-19-7-5-17)14-18(15)22-9-3-8-21(10-11-22)16(2)23/h4-7,15,18H,3,8-14H2,1-2H3/t15-,18+/m1/s1. The number of likely N-dealkylation sites (tertiary alicyclic amines) is 1. The maximum absolute atomic E-state index is 11.6. The molecule has 0 aromatic carbocycles. The van der Waals surface area contributed by atoms with Crippen LogP contribution in [-0.2, 0) is 11.3 Å². The van der Waals surface area contributed by atoms with Gasteiger partial charge in [-0.2, -0.15) is 0 Å². The molecule has 126 valence electrons. The molecule has 3 rings (SSSR count). The topological polar surface area (TPSA) is 39.7 Å². The van der Waals surface area contributed by atoms with Gasteiger partial charge in [0, 0.05) is 71.2 Å². The number of carbonyl (C=O) groups is 1. The first kappa shape index (κ1) is 16.4. The van der Waals surface area contributed by atoms with Gasteiger partial charge in [0.05, 0.1) is 0 Å². The highest BCUT2D eigenvalue weighted by Crippen LogP contribution is 2.24. The maximum Gasteiger partial charge on any atom is 0.219 e. The molecule has 1 aromatic heterocycles. The number of hydrogen-bond acceptors (Lipinski definition) is 4. The van der Waals surface area contributed by atoms with Crippen molar-refractivity contribution in [1.29, 1.82) is 0 Å². The van der Waals surface area contributed by atoms with E-state index in [-0.39, 0.29) is 5.91 Å². The lowest BCUT2D eigenvalue weighted by atomic mass is 10.0. The summed E-state index contributed by atoms with van der Waals surface area (Å²) in [7, 11) is 0. The van der Waals surface area contributed by atoms with Crippen molar-refractivity contribution in [3.63, 3.8) is 0 Å². The summed E-state index contributed by atoms with van der Waals surface area (Å²) in [5, 5.41) is 0. The summed E-state index contributed by atoms with van der Waals surface area (Å²) < 4.78 is 0. The van der Waals surface area contributed by atoms with Gasteiger partial charge in [-0.15, -0.1) is 0 Å². The minimum Gasteiger partial charge on any atom is -0.342 e. The van der Waals surface area contributed by atoms with Crippen LogP contribution < -0.4 is 0 Å². The van der Waals surface area contributed by atoms with Gasteiger partial charge in [0.25, 0.3) is 0 Å². The number of aromatic nitrogens is 1. The van der Waals surface area contributed by atoms with Crippen LogP contribution in [0.3, 0.4) is 0 Å². The molecule has 0 N–H and O–H groups in total. The third-order valence-electron chi connectivity index (χ3n) is 5.25. The van der Waals surface area contributed by atoms with E-state index in [0.29, 0.717) is 12.0 Å². The molecule has 0 bridgehead atoms. The first-order chi connectivity index (χ1) is 11.1. The van der Waals surface area contributed by atoms with Crippen LogP contribution in [0.15, 0.2) is 24.5 Å². The van der Waals surface area contributed by atoms with E-state index in [2.05, 4.69) is 33.8 Å². The first-order valence-electron chi connectivity index (χ1n) is 8.74. The van der Waals surface area contributed by atoms with Gasteiger partial charge in [-0.05, 0) is 30.0 Å². The van der Waals surface area contributed by atoms with Crippen LogP contribution >= 0.6 is 0 Å². The van der Waals surface area contributed by atoms with Gasteiger partial charge in [0.2, 0.25) is 5.91 Å². The average Bonchev–Trinajstić information content (AvgIpc) is 2.75. The monoisotopic (exact) mass is 316 g/mol. The normalized spacial score (nSPS) is 27.1. The second kappa shape index (κ2) is 7.41. The van der Waals surface area contributed by atoms with E-state index in [1.54, 1.807) is 6.92 Å². The quantitative estimate of drug-likeness (QED) is 0.846. The molecule has 2 aliphatic rings. The van der Waals surface area contributed by atoms with E-state index in [4.69, 9.17) is 0 Å². The lowest BCUT2D eigenvalue weighted by Crippen LogP contribution is -2.42. The van der Waals surface area contributed by atoms with Crippen LogP contribution in [0.25, 0.3) is 0 Å². The molecular formula is C18H28N4O. The fourth-order valence-electron chi connectivity index (χ4n) is 3.98. The number of carbonyl (C=O) groups excluding carboxylic acids is 1. The van der Waals surface area contributed by atoms with E-state index >= 15 is 0 Å². The third-order valence-corrected chi connectivity index (χ3v) is 5.25. The van der Waals surface area contributed by atoms with Crippen molar-refractivity contribution < 1.29 is 4.79 Å². The highest BCUT2D eigenvalue weighted by atomic mass is 16.2. The molecule has 1 amide bonds. The molecule has 2 aliphatic heterocycles. The van der Waals surface area contributed by atoms with Crippen LogP contribution in [0.2, 0.25) is 0 Å². The lowest BCUT2D eigenvalue weighted by molar-refractivity contribution is -0.128. The van der Waals surface area contributed by atoms with Gasteiger partial charge >= 0.3 is 0 Å². The highest BCUT2D eigenvalue weighted by Gasteiger charge is 2.34. The molecule has 2 saturated heterocycles. The van der Waals surface area contributed by atoms with Crippen molar-refractivity contribution in [2.45, 2.75) is 32.9 Å². The van der Waals surface area contributed by atoms with E-state index in [0.717, 1.165) is 52.2 Å². The molecule has 1 aromatic rings. The maximum atomic E-state index is 11.6. The molecule has 0 radical (unpaired) electrons.